The van der Waals surface area contributed by atoms with Gasteiger partial charge < -0.3 is 4.90 Å². The third kappa shape index (κ3) is 4.88. The lowest BCUT2D eigenvalue weighted by Gasteiger charge is -2.35. The van der Waals surface area contributed by atoms with Crippen LogP contribution in [0.15, 0.2) is 224 Å². The predicted octanol–water partition coefficient (Wildman–Crippen LogP) is 16.3. The Morgan fingerprint density at radius 2 is 0.762 bits per heavy atom. The number of hydrogen-bond acceptors (Lipinski definition) is 1. The molecule has 296 valence electrons. The van der Waals surface area contributed by atoms with Crippen molar-refractivity contribution in [1.82, 2.24) is 0 Å². The molecule has 0 aromatic heterocycles. The Morgan fingerprint density at radius 1 is 0.317 bits per heavy atom. The van der Waals surface area contributed by atoms with Gasteiger partial charge in [-0.25, -0.2) is 0 Å². The molecule has 10 aromatic carbocycles. The minimum Gasteiger partial charge on any atom is -0.309 e. The summed E-state index contributed by atoms with van der Waals surface area (Å²) < 4.78 is 0. The van der Waals surface area contributed by atoms with E-state index in [4.69, 9.17) is 0 Å². The molecule has 10 aromatic rings. The Kier molecular flexibility index (Phi) is 7.64. The second-order valence-electron chi connectivity index (χ2n) is 17.9. The van der Waals surface area contributed by atoms with Gasteiger partial charge in [0, 0.05) is 27.7 Å². The minimum atomic E-state index is -0.508. The van der Waals surface area contributed by atoms with E-state index in [1.165, 1.54) is 105 Å². The van der Waals surface area contributed by atoms with Crippen LogP contribution in [0.2, 0.25) is 0 Å². The first-order valence-corrected chi connectivity index (χ1v) is 22.2. The molecule has 0 saturated carbocycles. The third-order valence-corrected chi connectivity index (χ3v) is 14.5. The molecule has 3 aliphatic carbocycles. The average molecular weight is 802 g/mol. The third-order valence-electron chi connectivity index (χ3n) is 14.5. The number of rotatable bonds is 5. The van der Waals surface area contributed by atoms with E-state index in [2.05, 4.69) is 243 Å². The van der Waals surface area contributed by atoms with E-state index in [1.54, 1.807) is 0 Å². The number of hydrogen-bond donors (Lipinski definition) is 0. The maximum atomic E-state index is 2.57. The fraction of sp³-hybridized carbons (Fsp3) is 0.0645. The van der Waals surface area contributed by atoms with Gasteiger partial charge in [-0.05, 0) is 113 Å². The van der Waals surface area contributed by atoms with Gasteiger partial charge in [0.15, 0.2) is 0 Å². The molecule has 1 nitrogen and oxygen atoms in total. The van der Waals surface area contributed by atoms with Crippen molar-refractivity contribution in [3.8, 4) is 55.6 Å². The van der Waals surface area contributed by atoms with E-state index >= 15 is 0 Å². The zero-order valence-corrected chi connectivity index (χ0v) is 35.3. The summed E-state index contributed by atoms with van der Waals surface area (Å²) >= 11 is 0. The minimum absolute atomic E-state index is 0.165. The Bertz CT molecular complexity index is 3420. The Labute approximate surface area is 369 Å². The fourth-order valence-electron chi connectivity index (χ4n) is 11.8. The van der Waals surface area contributed by atoms with E-state index in [9.17, 15) is 0 Å². The van der Waals surface area contributed by atoms with Gasteiger partial charge in [0.1, 0.15) is 0 Å². The maximum absolute atomic E-state index is 2.57. The highest BCUT2D eigenvalue weighted by molar-refractivity contribution is 6.17. The van der Waals surface area contributed by atoms with Crippen molar-refractivity contribution in [2.45, 2.75) is 24.7 Å². The summed E-state index contributed by atoms with van der Waals surface area (Å²) in [4.78, 5) is 2.57. The molecule has 0 heterocycles. The molecule has 63 heavy (non-hydrogen) atoms. The molecule has 0 aliphatic heterocycles. The molecule has 0 fully saturated rings. The van der Waals surface area contributed by atoms with Crippen molar-refractivity contribution in [1.29, 1.82) is 0 Å². The molecule has 0 unspecified atom stereocenters. The van der Waals surface area contributed by atoms with Gasteiger partial charge in [0.2, 0.25) is 0 Å². The van der Waals surface area contributed by atoms with Crippen LogP contribution in [0.5, 0.6) is 0 Å². The SMILES string of the molecule is CC1(C)c2ccccc2-c2ccc(N(c3ccc(-c4ccccc4)cc3)c3c(-c4ccccc4)c4c(c5ccccc35)C3(c5ccccc5-c5ccccc53)c3ccccc3-4)cc21. The second kappa shape index (κ2) is 13.4. The monoisotopic (exact) mass is 801 g/mol. The van der Waals surface area contributed by atoms with Gasteiger partial charge in [0.25, 0.3) is 0 Å². The lowest BCUT2D eigenvalue weighted by molar-refractivity contribution is 0.660. The molecule has 0 atom stereocenters. The first-order chi connectivity index (χ1) is 31.0. The van der Waals surface area contributed by atoms with Gasteiger partial charge in [-0.3, -0.25) is 0 Å². The Balaban J connectivity index is 1.18. The van der Waals surface area contributed by atoms with Crippen LogP contribution in [0.3, 0.4) is 0 Å². The van der Waals surface area contributed by atoms with Crippen LogP contribution in [-0.2, 0) is 10.8 Å². The first kappa shape index (κ1) is 36.0. The molecule has 0 saturated heterocycles. The van der Waals surface area contributed by atoms with Crippen LogP contribution in [-0.4, -0.2) is 0 Å². The van der Waals surface area contributed by atoms with E-state index in [1.807, 2.05) is 0 Å². The summed E-state index contributed by atoms with van der Waals surface area (Å²) in [6, 6.07) is 84.1. The first-order valence-electron chi connectivity index (χ1n) is 22.2. The van der Waals surface area contributed by atoms with Crippen LogP contribution in [0.1, 0.15) is 47.2 Å². The van der Waals surface area contributed by atoms with Crippen molar-refractivity contribution in [2.75, 3.05) is 4.90 Å². The van der Waals surface area contributed by atoms with Gasteiger partial charge in [0.05, 0.1) is 11.1 Å². The zero-order valence-electron chi connectivity index (χ0n) is 35.3. The summed E-state index contributed by atoms with van der Waals surface area (Å²) in [5, 5.41) is 2.49. The molecular weight excluding hydrogens is 759 g/mol. The summed E-state index contributed by atoms with van der Waals surface area (Å²) in [5.41, 5.74) is 23.6. The van der Waals surface area contributed by atoms with E-state index in [0.29, 0.717) is 0 Å². The molecule has 1 heteroatoms. The zero-order chi connectivity index (χ0) is 41.9. The predicted molar refractivity (Wildman–Crippen MR) is 263 cm³/mol. The van der Waals surface area contributed by atoms with Crippen molar-refractivity contribution in [2.24, 2.45) is 0 Å². The standard InChI is InChI=1S/C62H43N/c1-61(2)52-29-15-11-23-45(52)48-38-37-44(39-56(48)61)63(43-35-33-41(34-36-43)40-19-5-3-6-20-40)60-50-27-10-9-26-49(50)59-58(57(60)42-21-7-4-8-22-42)51-28-14-18-32-55(51)62(59)53-30-16-12-24-46(53)47-25-13-17-31-54(47)62/h3-39H,1-2H3. The van der Waals surface area contributed by atoms with Crippen LogP contribution in [0.25, 0.3) is 66.4 Å². The quantitative estimate of drug-likeness (QED) is 0.168. The van der Waals surface area contributed by atoms with Crippen LogP contribution >= 0.6 is 0 Å². The van der Waals surface area contributed by atoms with Gasteiger partial charge in [-0.2, -0.15) is 0 Å². The van der Waals surface area contributed by atoms with Crippen molar-refractivity contribution < 1.29 is 0 Å². The second-order valence-corrected chi connectivity index (χ2v) is 17.9. The van der Waals surface area contributed by atoms with E-state index in [-0.39, 0.29) is 5.41 Å². The Morgan fingerprint density at radius 3 is 1.40 bits per heavy atom. The topological polar surface area (TPSA) is 3.24 Å². The van der Waals surface area contributed by atoms with Crippen molar-refractivity contribution >= 4 is 27.8 Å². The summed E-state index contributed by atoms with van der Waals surface area (Å²) in [6.07, 6.45) is 0. The molecule has 0 N–H and O–H groups in total. The van der Waals surface area contributed by atoms with Crippen LogP contribution in [0.4, 0.5) is 17.1 Å². The molecule has 1 spiro atoms. The van der Waals surface area contributed by atoms with Gasteiger partial charge in [-0.15, -0.1) is 0 Å². The largest absolute Gasteiger partial charge is 0.309 e. The highest BCUT2D eigenvalue weighted by atomic mass is 15.1. The van der Waals surface area contributed by atoms with Crippen molar-refractivity contribution in [3.05, 3.63) is 258 Å². The summed E-state index contributed by atoms with van der Waals surface area (Å²) in [6.45, 7) is 4.77. The van der Waals surface area contributed by atoms with E-state index < -0.39 is 5.41 Å². The molecule has 0 amide bonds. The lowest BCUT2D eigenvalue weighted by atomic mass is 9.69. The summed E-state index contributed by atoms with van der Waals surface area (Å²) in [5.74, 6) is 0. The lowest BCUT2D eigenvalue weighted by Crippen LogP contribution is -2.26. The maximum Gasteiger partial charge on any atom is 0.0731 e. The highest BCUT2D eigenvalue weighted by Gasteiger charge is 2.53. The fourth-order valence-corrected chi connectivity index (χ4v) is 11.8. The van der Waals surface area contributed by atoms with Crippen LogP contribution in [0, 0.1) is 0 Å². The number of fused-ring (bicyclic) bond motifs is 15. The van der Waals surface area contributed by atoms with Gasteiger partial charge >= 0.3 is 0 Å². The Hall–Kier alpha value is -7.74. The number of benzene rings is 10. The normalized spacial score (nSPS) is 14.1. The number of anilines is 3. The average Bonchev–Trinajstić information content (AvgIpc) is 3.91. The van der Waals surface area contributed by atoms with Crippen LogP contribution < -0.4 is 4.90 Å². The van der Waals surface area contributed by atoms with E-state index in [0.717, 1.165) is 11.4 Å². The molecule has 3 aliphatic rings. The molecule has 13 rings (SSSR count). The smallest absolute Gasteiger partial charge is 0.0731 e. The van der Waals surface area contributed by atoms with Gasteiger partial charge in [-0.1, -0.05) is 214 Å². The van der Waals surface area contributed by atoms with Crippen molar-refractivity contribution in [3.63, 3.8) is 0 Å². The highest BCUT2D eigenvalue weighted by Crippen LogP contribution is 2.67. The number of nitrogens with zero attached hydrogens (tertiary/aromatic N) is 1. The molecule has 0 bridgehead atoms. The molecular formula is C62H43N. The molecule has 0 radical (unpaired) electrons. The summed E-state index contributed by atoms with van der Waals surface area (Å²) in [7, 11) is 0.